The van der Waals surface area contributed by atoms with Crippen LogP contribution in [0.3, 0.4) is 0 Å². The number of pyridine rings is 1. The highest BCUT2D eigenvalue weighted by atomic mass is 32.2. The molecular weight excluding hydrogens is 254 g/mol. The van der Waals surface area contributed by atoms with Crippen LogP contribution in [0.25, 0.3) is 0 Å². The van der Waals surface area contributed by atoms with Crippen LogP contribution in [0, 0.1) is 0 Å². The van der Waals surface area contributed by atoms with Crippen LogP contribution < -0.4 is 10.6 Å². The molecule has 1 aliphatic carbocycles. The summed E-state index contributed by atoms with van der Waals surface area (Å²) in [7, 11) is 0. The Morgan fingerprint density at radius 1 is 1.21 bits per heavy atom. The summed E-state index contributed by atoms with van der Waals surface area (Å²) in [6, 6.07) is 6.77. The third-order valence-corrected chi connectivity index (χ3v) is 4.80. The Morgan fingerprint density at radius 3 is 2.63 bits per heavy atom. The molecule has 0 atom stereocenters. The summed E-state index contributed by atoms with van der Waals surface area (Å²) in [5.74, 6) is 1.98. The summed E-state index contributed by atoms with van der Waals surface area (Å²) < 4.78 is 0. The monoisotopic (exact) mass is 279 g/mol. The van der Waals surface area contributed by atoms with E-state index in [0.717, 1.165) is 29.9 Å². The zero-order chi connectivity index (χ0) is 13.5. The van der Waals surface area contributed by atoms with E-state index in [-0.39, 0.29) is 0 Å². The zero-order valence-corrected chi connectivity index (χ0v) is 12.8. The van der Waals surface area contributed by atoms with Gasteiger partial charge in [0.05, 0.1) is 0 Å². The van der Waals surface area contributed by atoms with Crippen LogP contribution in [0.4, 0.5) is 11.6 Å². The first-order chi connectivity index (χ1) is 9.31. The molecule has 1 aromatic heterocycles. The fourth-order valence-corrected chi connectivity index (χ4v) is 3.26. The molecule has 0 amide bonds. The lowest BCUT2D eigenvalue weighted by Gasteiger charge is -2.28. The molecular formula is C15H25N3S. The molecule has 3 nitrogen and oxygen atoms in total. The van der Waals surface area contributed by atoms with Gasteiger partial charge in [-0.1, -0.05) is 13.0 Å². The van der Waals surface area contributed by atoms with Crippen molar-refractivity contribution in [1.82, 2.24) is 4.98 Å². The highest BCUT2D eigenvalue weighted by Crippen LogP contribution is 2.28. The number of anilines is 2. The van der Waals surface area contributed by atoms with Crippen LogP contribution >= 0.6 is 11.8 Å². The van der Waals surface area contributed by atoms with Crippen molar-refractivity contribution < 1.29 is 0 Å². The van der Waals surface area contributed by atoms with Crippen molar-refractivity contribution >= 4 is 23.4 Å². The predicted octanol–water partition coefficient (Wildman–Crippen LogP) is 3.99. The van der Waals surface area contributed by atoms with E-state index in [4.69, 9.17) is 0 Å². The Balaban J connectivity index is 1.85. The van der Waals surface area contributed by atoms with Gasteiger partial charge >= 0.3 is 0 Å². The zero-order valence-electron chi connectivity index (χ0n) is 12.0. The number of aromatic nitrogens is 1. The Kier molecular flexibility index (Phi) is 5.83. The molecule has 2 rings (SSSR count). The summed E-state index contributed by atoms with van der Waals surface area (Å²) in [6.07, 6.45) is 8.53. The van der Waals surface area contributed by atoms with Crippen LogP contribution in [-0.2, 0) is 0 Å². The number of nitrogens with zero attached hydrogens (tertiary/aromatic N) is 1. The molecule has 0 spiro atoms. The number of hydrogen-bond donors (Lipinski definition) is 2. The second kappa shape index (κ2) is 7.63. The largest absolute Gasteiger partial charge is 0.370 e. The molecule has 1 heterocycles. The van der Waals surface area contributed by atoms with Gasteiger partial charge in [0.15, 0.2) is 0 Å². The van der Waals surface area contributed by atoms with Crippen LogP contribution in [0.1, 0.15) is 39.0 Å². The minimum atomic E-state index is 0.595. The number of nitrogens with one attached hydrogen (secondary N) is 2. The van der Waals surface area contributed by atoms with Crippen LogP contribution in [0.15, 0.2) is 18.2 Å². The maximum Gasteiger partial charge on any atom is 0.128 e. The molecule has 19 heavy (non-hydrogen) atoms. The molecule has 1 saturated carbocycles. The SMILES string of the molecule is CCCNc1cccc(NC2CCC(SC)CC2)n1. The Hall–Kier alpha value is -0.900. The number of thioether (sulfide) groups is 1. The molecule has 4 heteroatoms. The van der Waals surface area contributed by atoms with Crippen LogP contribution in [-0.4, -0.2) is 29.1 Å². The summed E-state index contributed by atoms with van der Waals surface area (Å²) >= 11 is 2.01. The van der Waals surface area contributed by atoms with Crippen molar-refractivity contribution in [2.75, 3.05) is 23.4 Å². The molecule has 0 aromatic carbocycles. The standard InChI is InChI=1S/C15H25N3S/c1-3-11-16-14-5-4-6-15(18-14)17-12-7-9-13(19-2)10-8-12/h4-6,12-13H,3,7-11H2,1-2H3,(H2,16,17,18). The number of rotatable bonds is 6. The smallest absolute Gasteiger partial charge is 0.128 e. The molecule has 2 N–H and O–H groups in total. The molecule has 1 fully saturated rings. The van der Waals surface area contributed by atoms with Gasteiger partial charge < -0.3 is 10.6 Å². The topological polar surface area (TPSA) is 37.0 Å². The van der Waals surface area contributed by atoms with E-state index in [1.807, 2.05) is 17.8 Å². The quantitative estimate of drug-likeness (QED) is 0.825. The van der Waals surface area contributed by atoms with Crippen molar-refractivity contribution in [2.24, 2.45) is 0 Å². The van der Waals surface area contributed by atoms with E-state index in [2.05, 4.69) is 40.9 Å². The van der Waals surface area contributed by atoms with Gasteiger partial charge in [-0.3, -0.25) is 0 Å². The van der Waals surface area contributed by atoms with Crippen molar-refractivity contribution in [3.63, 3.8) is 0 Å². The fourth-order valence-electron chi connectivity index (χ4n) is 2.52. The lowest BCUT2D eigenvalue weighted by molar-refractivity contribution is 0.472. The van der Waals surface area contributed by atoms with E-state index in [1.54, 1.807) is 0 Å². The van der Waals surface area contributed by atoms with Crippen molar-refractivity contribution in [3.8, 4) is 0 Å². The van der Waals surface area contributed by atoms with Crippen LogP contribution in [0.2, 0.25) is 0 Å². The normalized spacial score (nSPS) is 23.1. The van der Waals surface area contributed by atoms with Gasteiger partial charge in [0.1, 0.15) is 11.6 Å². The molecule has 0 radical (unpaired) electrons. The average Bonchev–Trinajstić information content (AvgIpc) is 2.46. The maximum absolute atomic E-state index is 4.62. The fraction of sp³-hybridized carbons (Fsp3) is 0.667. The highest BCUT2D eigenvalue weighted by Gasteiger charge is 2.20. The van der Waals surface area contributed by atoms with Gasteiger partial charge in [-0.25, -0.2) is 4.98 Å². The summed E-state index contributed by atoms with van der Waals surface area (Å²) in [6.45, 7) is 3.15. The van der Waals surface area contributed by atoms with E-state index >= 15 is 0 Å². The molecule has 0 saturated heterocycles. The Labute approximate surface area is 121 Å². The Bertz CT molecular complexity index is 375. The van der Waals surface area contributed by atoms with Crippen LogP contribution in [0.5, 0.6) is 0 Å². The third-order valence-electron chi connectivity index (χ3n) is 3.66. The maximum atomic E-state index is 4.62. The van der Waals surface area contributed by atoms with Gasteiger partial charge in [0.25, 0.3) is 0 Å². The van der Waals surface area contributed by atoms with Gasteiger partial charge in [0, 0.05) is 17.8 Å². The minimum Gasteiger partial charge on any atom is -0.370 e. The van der Waals surface area contributed by atoms with Crippen molar-refractivity contribution in [1.29, 1.82) is 0 Å². The Morgan fingerprint density at radius 2 is 1.95 bits per heavy atom. The second-order valence-electron chi connectivity index (χ2n) is 5.19. The average molecular weight is 279 g/mol. The van der Waals surface area contributed by atoms with E-state index in [9.17, 15) is 0 Å². The summed E-state index contributed by atoms with van der Waals surface area (Å²) in [4.78, 5) is 4.62. The molecule has 0 aliphatic heterocycles. The number of hydrogen-bond acceptors (Lipinski definition) is 4. The first kappa shape index (κ1) is 14.5. The van der Waals surface area contributed by atoms with E-state index < -0.39 is 0 Å². The van der Waals surface area contributed by atoms with E-state index in [0.29, 0.717) is 6.04 Å². The molecule has 106 valence electrons. The lowest BCUT2D eigenvalue weighted by Crippen LogP contribution is -2.27. The molecule has 0 unspecified atom stereocenters. The van der Waals surface area contributed by atoms with Gasteiger partial charge in [-0.15, -0.1) is 0 Å². The van der Waals surface area contributed by atoms with Crippen molar-refractivity contribution in [3.05, 3.63) is 18.2 Å². The molecule has 1 aromatic rings. The first-order valence-electron chi connectivity index (χ1n) is 7.32. The highest BCUT2D eigenvalue weighted by molar-refractivity contribution is 7.99. The minimum absolute atomic E-state index is 0.595. The molecule has 0 bridgehead atoms. The molecule has 1 aliphatic rings. The first-order valence-corrected chi connectivity index (χ1v) is 8.61. The second-order valence-corrected chi connectivity index (χ2v) is 6.33. The lowest BCUT2D eigenvalue weighted by atomic mass is 9.95. The van der Waals surface area contributed by atoms with E-state index in [1.165, 1.54) is 25.7 Å². The van der Waals surface area contributed by atoms with Gasteiger partial charge in [0.2, 0.25) is 0 Å². The third kappa shape index (κ3) is 4.60. The summed E-state index contributed by atoms with van der Waals surface area (Å²) in [5, 5.41) is 7.78. The summed E-state index contributed by atoms with van der Waals surface area (Å²) in [5.41, 5.74) is 0. The predicted molar refractivity (Wildman–Crippen MR) is 86.2 cm³/mol. The van der Waals surface area contributed by atoms with Gasteiger partial charge in [-0.2, -0.15) is 11.8 Å². The van der Waals surface area contributed by atoms with Gasteiger partial charge in [-0.05, 0) is 50.5 Å². The van der Waals surface area contributed by atoms with Crippen molar-refractivity contribution in [2.45, 2.75) is 50.3 Å².